The van der Waals surface area contributed by atoms with E-state index < -0.39 is 0 Å². The van der Waals surface area contributed by atoms with Crippen LogP contribution in [0.2, 0.25) is 0 Å². The van der Waals surface area contributed by atoms with Gasteiger partial charge in [0, 0.05) is 33.0 Å². The molecular weight excluding hydrogens is 340 g/mol. The van der Waals surface area contributed by atoms with Crippen LogP contribution in [0.3, 0.4) is 0 Å². The molecule has 5 nitrogen and oxygen atoms in total. The molecule has 1 fully saturated rings. The molecule has 2 aromatic rings. The first-order valence-electron chi connectivity index (χ1n) is 9.71. The van der Waals surface area contributed by atoms with Gasteiger partial charge in [-0.1, -0.05) is 30.3 Å². The summed E-state index contributed by atoms with van der Waals surface area (Å²) < 4.78 is 5.31. The van der Waals surface area contributed by atoms with Gasteiger partial charge in [0.25, 0.3) is 0 Å². The minimum Gasteiger partial charge on any atom is -0.467 e. The maximum absolute atomic E-state index is 12.6. The van der Waals surface area contributed by atoms with E-state index in [1.807, 2.05) is 17.0 Å². The number of nitrogens with zero attached hydrogens (tertiary/aromatic N) is 2. The number of likely N-dealkylation sites (tertiary alicyclic amines) is 1. The Hall–Kier alpha value is -2.56. The SMILES string of the molecule is CC(=O)N(CCC(=O)N1CCC(Cc2ccccc2)CC1)Cc1ccco1. The highest BCUT2D eigenvalue weighted by Gasteiger charge is 2.23. The standard InChI is InChI=1S/C22H28N2O3/c1-18(25)24(17-21-8-5-15-27-21)14-11-22(26)23-12-9-20(10-13-23)16-19-6-3-2-4-7-19/h2-8,15,20H,9-14,16-17H2,1H3. The normalized spacial score (nSPS) is 14.9. The highest BCUT2D eigenvalue weighted by atomic mass is 16.3. The van der Waals surface area contributed by atoms with Crippen molar-refractivity contribution in [1.82, 2.24) is 9.80 Å². The van der Waals surface area contributed by atoms with Crippen LogP contribution in [0.25, 0.3) is 0 Å². The Kier molecular flexibility index (Phi) is 6.69. The van der Waals surface area contributed by atoms with Crippen LogP contribution in [0.5, 0.6) is 0 Å². The minimum absolute atomic E-state index is 0.0410. The molecular formula is C22H28N2O3. The number of hydrogen-bond acceptors (Lipinski definition) is 3. The van der Waals surface area contributed by atoms with Gasteiger partial charge in [-0.3, -0.25) is 9.59 Å². The topological polar surface area (TPSA) is 53.8 Å². The highest BCUT2D eigenvalue weighted by Crippen LogP contribution is 2.22. The molecule has 0 aliphatic carbocycles. The molecule has 0 radical (unpaired) electrons. The molecule has 0 atom stereocenters. The van der Waals surface area contributed by atoms with Crippen LogP contribution in [-0.2, 0) is 22.6 Å². The molecule has 1 aromatic carbocycles. The first-order valence-corrected chi connectivity index (χ1v) is 9.71. The Morgan fingerprint density at radius 1 is 1.11 bits per heavy atom. The van der Waals surface area contributed by atoms with Gasteiger partial charge in [-0.2, -0.15) is 0 Å². The monoisotopic (exact) mass is 368 g/mol. The predicted molar refractivity (Wildman–Crippen MR) is 104 cm³/mol. The van der Waals surface area contributed by atoms with Crippen molar-refractivity contribution in [3.8, 4) is 0 Å². The van der Waals surface area contributed by atoms with E-state index in [-0.39, 0.29) is 11.8 Å². The number of amides is 2. The van der Waals surface area contributed by atoms with Gasteiger partial charge in [-0.05, 0) is 42.9 Å². The molecule has 0 unspecified atom stereocenters. The van der Waals surface area contributed by atoms with Crippen molar-refractivity contribution in [3.05, 3.63) is 60.1 Å². The maximum Gasteiger partial charge on any atom is 0.224 e. The van der Waals surface area contributed by atoms with Gasteiger partial charge in [-0.25, -0.2) is 0 Å². The van der Waals surface area contributed by atoms with Gasteiger partial charge < -0.3 is 14.2 Å². The van der Waals surface area contributed by atoms with Crippen molar-refractivity contribution < 1.29 is 14.0 Å². The number of rotatable bonds is 7. The fourth-order valence-corrected chi connectivity index (χ4v) is 3.66. The Morgan fingerprint density at radius 3 is 2.48 bits per heavy atom. The van der Waals surface area contributed by atoms with Crippen molar-refractivity contribution >= 4 is 11.8 Å². The van der Waals surface area contributed by atoms with Crippen molar-refractivity contribution in [2.45, 2.75) is 39.2 Å². The third-order valence-corrected chi connectivity index (χ3v) is 5.30. The van der Waals surface area contributed by atoms with Crippen LogP contribution in [-0.4, -0.2) is 41.2 Å². The quantitative estimate of drug-likeness (QED) is 0.752. The number of hydrogen-bond donors (Lipinski definition) is 0. The summed E-state index contributed by atoms with van der Waals surface area (Å²) in [7, 11) is 0. The Labute approximate surface area is 160 Å². The molecule has 1 aliphatic heterocycles. The molecule has 27 heavy (non-hydrogen) atoms. The number of piperidine rings is 1. The zero-order valence-corrected chi connectivity index (χ0v) is 16.0. The Balaban J connectivity index is 1.42. The fourth-order valence-electron chi connectivity index (χ4n) is 3.66. The van der Waals surface area contributed by atoms with E-state index in [9.17, 15) is 9.59 Å². The van der Waals surface area contributed by atoms with E-state index in [0.717, 1.165) is 38.1 Å². The maximum atomic E-state index is 12.6. The van der Waals surface area contributed by atoms with E-state index in [2.05, 4.69) is 24.3 Å². The van der Waals surface area contributed by atoms with E-state index in [1.54, 1.807) is 17.2 Å². The number of benzene rings is 1. The fraction of sp³-hybridized carbons (Fsp3) is 0.455. The van der Waals surface area contributed by atoms with Gasteiger partial charge in [0.1, 0.15) is 5.76 Å². The summed E-state index contributed by atoms with van der Waals surface area (Å²) in [5.41, 5.74) is 1.37. The van der Waals surface area contributed by atoms with Crippen molar-refractivity contribution in [1.29, 1.82) is 0 Å². The van der Waals surface area contributed by atoms with Gasteiger partial charge in [0.05, 0.1) is 12.8 Å². The first-order chi connectivity index (χ1) is 13.1. The Bertz CT molecular complexity index is 719. The summed E-state index contributed by atoms with van der Waals surface area (Å²) in [6, 6.07) is 14.2. The summed E-state index contributed by atoms with van der Waals surface area (Å²) in [5, 5.41) is 0. The molecule has 0 saturated carbocycles. The molecule has 2 heterocycles. The predicted octanol–water partition coefficient (Wildman–Crippen LogP) is 3.50. The zero-order chi connectivity index (χ0) is 19.1. The van der Waals surface area contributed by atoms with Gasteiger partial charge >= 0.3 is 0 Å². The van der Waals surface area contributed by atoms with Crippen molar-refractivity contribution in [2.24, 2.45) is 5.92 Å². The lowest BCUT2D eigenvalue weighted by Gasteiger charge is -2.32. The van der Waals surface area contributed by atoms with Crippen LogP contribution in [0.4, 0.5) is 0 Å². The summed E-state index contributed by atoms with van der Waals surface area (Å²) in [6.45, 7) is 4.00. The van der Waals surface area contributed by atoms with Crippen LogP contribution in [0.1, 0.15) is 37.5 Å². The largest absolute Gasteiger partial charge is 0.467 e. The van der Waals surface area contributed by atoms with Crippen LogP contribution < -0.4 is 0 Å². The van der Waals surface area contributed by atoms with Gasteiger partial charge in [-0.15, -0.1) is 0 Å². The molecule has 0 N–H and O–H groups in total. The summed E-state index contributed by atoms with van der Waals surface area (Å²) >= 11 is 0. The average Bonchev–Trinajstić information content (AvgIpc) is 3.19. The highest BCUT2D eigenvalue weighted by molar-refractivity contribution is 5.78. The van der Waals surface area contributed by atoms with E-state index in [1.165, 1.54) is 12.5 Å². The van der Waals surface area contributed by atoms with Gasteiger partial charge in [0.15, 0.2) is 0 Å². The van der Waals surface area contributed by atoms with Crippen LogP contribution >= 0.6 is 0 Å². The lowest BCUT2D eigenvalue weighted by molar-refractivity contribution is -0.134. The number of carbonyl (C=O) groups excluding carboxylic acids is 2. The zero-order valence-electron chi connectivity index (χ0n) is 16.0. The lowest BCUT2D eigenvalue weighted by Crippen LogP contribution is -2.40. The first kappa shape index (κ1) is 19.2. The number of furan rings is 1. The minimum atomic E-state index is -0.0410. The summed E-state index contributed by atoms with van der Waals surface area (Å²) in [4.78, 5) is 28.0. The molecule has 1 aromatic heterocycles. The molecule has 0 bridgehead atoms. The van der Waals surface area contributed by atoms with Crippen LogP contribution in [0.15, 0.2) is 53.1 Å². The van der Waals surface area contributed by atoms with E-state index in [4.69, 9.17) is 4.42 Å². The second-order valence-corrected chi connectivity index (χ2v) is 7.28. The average molecular weight is 368 g/mol. The molecule has 2 amide bonds. The smallest absolute Gasteiger partial charge is 0.224 e. The second-order valence-electron chi connectivity index (χ2n) is 7.28. The van der Waals surface area contributed by atoms with Crippen molar-refractivity contribution in [3.63, 3.8) is 0 Å². The number of carbonyl (C=O) groups is 2. The molecule has 1 saturated heterocycles. The van der Waals surface area contributed by atoms with E-state index in [0.29, 0.717) is 25.4 Å². The lowest BCUT2D eigenvalue weighted by atomic mass is 9.90. The Morgan fingerprint density at radius 2 is 1.85 bits per heavy atom. The van der Waals surface area contributed by atoms with Crippen LogP contribution in [0, 0.1) is 5.92 Å². The summed E-state index contributed by atoms with van der Waals surface area (Å²) in [5.74, 6) is 1.48. The summed E-state index contributed by atoms with van der Waals surface area (Å²) in [6.07, 6.45) is 5.14. The van der Waals surface area contributed by atoms with Gasteiger partial charge in [0.2, 0.25) is 11.8 Å². The van der Waals surface area contributed by atoms with E-state index >= 15 is 0 Å². The molecule has 144 valence electrons. The van der Waals surface area contributed by atoms with Crippen molar-refractivity contribution in [2.75, 3.05) is 19.6 Å². The second kappa shape index (κ2) is 9.40. The molecule has 5 heteroatoms. The third kappa shape index (κ3) is 5.71. The molecule has 3 rings (SSSR count). The molecule has 0 spiro atoms. The molecule has 1 aliphatic rings. The third-order valence-electron chi connectivity index (χ3n) is 5.30.